The number of nitrogens with one attached hydrogen (secondary N) is 1. The van der Waals surface area contributed by atoms with Crippen molar-refractivity contribution < 1.29 is 9.53 Å². The summed E-state index contributed by atoms with van der Waals surface area (Å²) in [5.74, 6) is 0.179. The summed E-state index contributed by atoms with van der Waals surface area (Å²) < 4.78 is 5.38. The minimum atomic E-state index is 0.0399. The molecule has 3 nitrogen and oxygen atoms in total. The fourth-order valence-electron chi connectivity index (χ4n) is 1.97. The minimum absolute atomic E-state index is 0.0399. The van der Waals surface area contributed by atoms with Gasteiger partial charge in [0.05, 0.1) is 12.0 Å². The lowest BCUT2D eigenvalue weighted by molar-refractivity contribution is -0.127. The number of amides is 1. The lowest BCUT2D eigenvalue weighted by Crippen LogP contribution is -2.40. The van der Waals surface area contributed by atoms with E-state index in [1.54, 1.807) is 0 Å². The zero-order valence-corrected chi connectivity index (χ0v) is 11.2. The number of carbonyl (C=O) groups excluding carboxylic acids is 1. The van der Waals surface area contributed by atoms with Gasteiger partial charge in [0.25, 0.3) is 0 Å². The van der Waals surface area contributed by atoms with Gasteiger partial charge >= 0.3 is 0 Å². The Bertz CT molecular complexity index is 221. The first-order chi connectivity index (χ1) is 7.00. The highest BCUT2D eigenvalue weighted by atomic mass is 79.9. The van der Waals surface area contributed by atoms with Gasteiger partial charge in [0.15, 0.2) is 0 Å². The third kappa shape index (κ3) is 4.11. The lowest BCUT2D eigenvalue weighted by atomic mass is 10.0. The van der Waals surface area contributed by atoms with E-state index < -0.39 is 0 Å². The van der Waals surface area contributed by atoms with Crippen molar-refractivity contribution in [3.8, 4) is 0 Å². The second-order valence-corrected chi connectivity index (χ2v) is 5.96. The maximum absolute atomic E-state index is 11.8. The Labute approximate surface area is 100 Å². The van der Waals surface area contributed by atoms with Gasteiger partial charge in [-0.25, -0.2) is 0 Å². The highest BCUT2D eigenvalue weighted by Gasteiger charge is 2.31. The van der Waals surface area contributed by atoms with E-state index in [2.05, 4.69) is 28.2 Å². The summed E-state index contributed by atoms with van der Waals surface area (Å²) in [5, 5.41) is 3.03. The first-order valence-corrected chi connectivity index (χ1v) is 6.48. The standard InChI is InChI=1S/C11H20BrNO2/c1-7(12)6-8(2)13-11(14)10-4-5-15-9(10)3/h7-10H,4-6H2,1-3H3,(H,13,14). The second-order valence-electron chi connectivity index (χ2n) is 4.40. The van der Waals surface area contributed by atoms with Crippen LogP contribution in [0, 0.1) is 5.92 Å². The van der Waals surface area contributed by atoms with Crippen LogP contribution in [0.15, 0.2) is 0 Å². The van der Waals surface area contributed by atoms with Gasteiger partial charge in [-0.1, -0.05) is 22.9 Å². The van der Waals surface area contributed by atoms with Gasteiger partial charge in [0, 0.05) is 17.5 Å². The Balaban J connectivity index is 2.34. The van der Waals surface area contributed by atoms with Crippen molar-refractivity contribution in [2.24, 2.45) is 5.92 Å². The average Bonchev–Trinajstić information content (AvgIpc) is 2.49. The first-order valence-electron chi connectivity index (χ1n) is 5.56. The van der Waals surface area contributed by atoms with E-state index in [-0.39, 0.29) is 24.0 Å². The maximum Gasteiger partial charge on any atom is 0.226 e. The molecule has 0 radical (unpaired) electrons. The van der Waals surface area contributed by atoms with Gasteiger partial charge in [0.2, 0.25) is 5.91 Å². The van der Waals surface area contributed by atoms with Crippen LogP contribution in [-0.2, 0) is 9.53 Å². The van der Waals surface area contributed by atoms with Crippen LogP contribution in [0.2, 0.25) is 0 Å². The number of ether oxygens (including phenoxy) is 1. The highest BCUT2D eigenvalue weighted by molar-refractivity contribution is 9.09. The van der Waals surface area contributed by atoms with Crippen LogP contribution in [0.5, 0.6) is 0 Å². The van der Waals surface area contributed by atoms with Crippen LogP contribution in [-0.4, -0.2) is 29.5 Å². The van der Waals surface area contributed by atoms with Crippen LogP contribution >= 0.6 is 15.9 Å². The highest BCUT2D eigenvalue weighted by Crippen LogP contribution is 2.20. The number of rotatable bonds is 4. The summed E-state index contributed by atoms with van der Waals surface area (Å²) in [6, 6.07) is 0.222. The molecule has 1 saturated heterocycles. The SMILES string of the molecule is CC(Br)CC(C)NC(=O)C1CCOC1C. The van der Waals surface area contributed by atoms with Crippen LogP contribution in [0.1, 0.15) is 33.6 Å². The third-order valence-electron chi connectivity index (χ3n) is 2.78. The zero-order chi connectivity index (χ0) is 11.4. The molecule has 4 atom stereocenters. The fourth-order valence-corrected chi connectivity index (χ4v) is 2.53. The molecule has 15 heavy (non-hydrogen) atoms. The van der Waals surface area contributed by atoms with Crippen molar-refractivity contribution in [2.75, 3.05) is 6.61 Å². The second kappa shape index (κ2) is 5.85. The molecule has 0 bridgehead atoms. The molecular formula is C11H20BrNO2. The summed E-state index contributed by atoms with van der Waals surface area (Å²) in [4.78, 5) is 12.3. The number of halogens is 1. The molecule has 1 heterocycles. The van der Waals surface area contributed by atoms with Gasteiger partial charge in [-0.05, 0) is 26.7 Å². The molecule has 0 aliphatic carbocycles. The van der Waals surface area contributed by atoms with Crippen LogP contribution in [0.4, 0.5) is 0 Å². The smallest absolute Gasteiger partial charge is 0.226 e. The molecule has 0 aromatic carbocycles. The van der Waals surface area contributed by atoms with E-state index in [0.717, 1.165) is 12.8 Å². The molecule has 0 spiro atoms. The zero-order valence-electron chi connectivity index (χ0n) is 9.63. The molecule has 4 unspecified atom stereocenters. The van der Waals surface area contributed by atoms with Crippen LogP contribution < -0.4 is 5.32 Å². The van der Waals surface area contributed by atoms with E-state index in [4.69, 9.17) is 4.74 Å². The Hall–Kier alpha value is -0.0900. The Kier molecular flexibility index (Phi) is 5.06. The molecule has 1 aliphatic heterocycles. The molecule has 4 heteroatoms. The van der Waals surface area contributed by atoms with E-state index in [1.807, 2.05) is 13.8 Å². The Morgan fingerprint density at radius 1 is 1.60 bits per heavy atom. The average molecular weight is 278 g/mol. The fraction of sp³-hybridized carbons (Fsp3) is 0.909. The maximum atomic E-state index is 11.8. The number of carbonyl (C=O) groups is 1. The van der Waals surface area contributed by atoms with Gasteiger partial charge in [0.1, 0.15) is 0 Å². The van der Waals surface area contributed by atoms with Gasteiger partial charge in [-0.2, -0.15) is 0 Å². The molecule has 0 saturated carbocycles. The molecular weight excluding hydrogens is 258 g/mol. The van der Waals surface area contributed by atoms with E-state index in [0.29, 0.717) is 11.4 Å². The number of alkyl halides is 1. The Morgan fingerprint density at radius 2 is 2.27 bits per heavy atom. The van der Waals surface area contributed by atoms with E-state index in [9.17, 15) is 4.79 Å². The quantitative estimate of drug-likeness (QED) is 0.800. The van der Waals surface area contributed by atoms with Crippen molar-refractivity contribution in [1.82, 2.24) is 5.32 Å². The summed E-state index contributed by atoms with van der Waals surface area (Å²) in [5.41, 5.74) is 0. The minimum Gasteiger partial charge on any atom is -0.378 e. The molecule has 88 valence electrons. The van der Waals surface area contributed by atoms with Gasteiger partial charge in [-0.3, -0.25) is 4.79 Å². The van der Waals surface area contributed by atoms with Crippen LogP contribution in [0.3, 0.4) is 0 Å². The predicted octanol–water partition coefficient (Wildman–Crippen LogP) is 2.09. The molecule has 1 amide bonds. The van der Waals surface area contributed by atoms with Crippen molar-refractivity contribution in [2.45, 2.75) is 50.6 Å². The van der Waals surface area contributed by atoms with Crippen LogP contribution in [0.25, 0.3) is 0 Å². The van der Waals surface area contributed by atoms with Crippen molar-refractivity contribution in [3.05, 3.63) is 0 Å². The number of hydrogen-bond acceptors (Lipinski definition) is 2. The molecule has 1 aliphatic rings. The molecule has 0 aromatic heterocycles. The van der Waals surface area contributed by atoms with Gasteiger partial charge in [-0.15, -0.1) is 0 Å². The molecule has 1 N–H and O–H groups in total. The van der Waals surface area contributed by atoms with E-state index in [1.165, 1.54) is 0 Å². The first kappa shape index (κ1) is 13.0. The van der Waals surface area contributed by atoms with Crippen molar-refractivity contribution in [3.63, 3.8) is 0 Å². The van der Waals surface area contributed by atoms with Crippen molar-refractivity contribution >= 4 is 21.8 Å². The Morgan fingerprint density at radius 3 is 2.73 bits per heavy atom. The lowest BCUT2D eigenvalue weighted by Gasteiger charge is -2.19. The summed E-state index contributed by atoms with van der Waals surface area (Å²) in [6.07, 6.45) is 1.87. The monoisotopic (exact) mass is 277 g/mol. The predicted molar refractivity (Wildman–Crippen MR) is 64.1 cm³/mol. The summed E-state index contributed by atoms with van der Waals surface area (Å²) >= 11 is 3.48. The molecule has 1 rings (SSSR count). The normalized spacial score (nSPS) is 29.9. The molecule has 1 fully saturated rings. The summed E-state index contributed by atoms with van der Waals surface area (Å²) in [6.45, 7) is 6.80. The van der Waals surface area contributed by atoms with Gasteiger partial charge < -0.3 is 10.1 Å². The van der Waals surface area contributed by atoms with E-state index >= 15 is 0 Å². The topological polar surface area (TPSA) is 38.3 Å². The van der Waals surface area contributed by atoms with Crippen molar-refractivity contribution in [1.29, 1.82) is 0 Å². The largest absolute Gasteiger partial charge is 0.378 e. The molecule has 0 aromatic rings. The summed E-state index contributed by atoms with van der Waals surface area (Å²) in [7, 11) is 0. The third-order valence-corrected chi connectivity index (χ3v) is 3.15. The number of hydrogen-bond donors (Lipinski definition) is 1.